The third-order valence-corrected chi connectivity index (χ3v) is 3.13. The van der Waals surface area contributed by atoms with Gasteiger partial charge in [-0.05, 0) is 49.9 Å². The molecule has 18 heavy (non-hydrogen) atoms. The summed E-state index contributed by atoms with van der Waals surface area (Å²) in [5, 5.41) is 2.96. The van der Waals surface area contributed by atoms with Crippen LogP contribution >= 0.6 is 0 Å². The molecule has 0 aromatic heterocycles. The molecule has 98 valence electrons. The van der Waals surface area contributed by atoms with E-state index in [1.165, 1.54) is 25.0 Å². The van der Waals surface area contributed by atoms with Crippen molar-refractivity contribution in [1.82, 2.24) is 5.32 Å². The molecule has 1 aromatic carbocycles. The molecule has 1 saturated carbocycles. The second-order valence-corrected chi connectivity index (χ2v) is 4.75. The molecule has 1 amide bonds. The van der Waals surface area contributed by atoms with Crippen LogP contribution in [0.5, 0.6) is 5.75 Å². The lowest BCUT2D eigenvalue weighted by Gasteiger charge is -2.12. The van der Waals surface area contributed by atoms with E-state index in [0.29, 0.717) is 24.7 Å². The van der Waals surface area contributed by atoms with Gasteiger partial charge in [-0.3, -0.25) is 4.79 Å². The van der Waals surface area contributed by atoms with E-state index in [0.717, 1.165) is 0 Å². The number of carbonyl (C=O) groups is 1. The van der Waals surface area contributed by atoms with E-state index >= 15 is 0 Å². The van der Waals surface area contributed by atoms with Crippen LogP contribution in [0.4, 0.5) is 4.39 Å². The maximum absolute atomic E-state index is 12.6. The van der Waals surface area contributed by atoms with E-state index in [9.17, 15) is 9.18 Å². The van der Waals surface area contributed by atoms with Crippen molar-refractivity contribution in [3.8, 4) is 5.75 Å². The summed E-state index contributed by atoms with van der Waals surface area (Å²) in [4.78, 5) is 11.6. The summed E-state index contributed by atoms with van der Waals surface area (Å²) in [6.07, 6.45) is 2.76. The van der Waals surface area contributed by atoms with E-state index in [2.05, 4.69) is 5.32 Å². The van der Waals surface area contributed by atoms with Crippen LogP contribution in [0.2, 0.25) is 0 Å². The summed E-state index contributed by atoms with van der Waals surface area (Å²) in [5.41, 5.74) is 0. The number of ether oxygens (including phenoxy) is 1. The molecular formula is C14H18FNO2. The molecule has 0 radical (unpaired) electrons. The van der Waals surface area contributed by atoms with Gasteiger partial charge in [0.1, 0.15) is 11.6 Å². The van der Waals surface area contributed by atoms with Gasteiger partial charge in [0, 0.05) is 6.04 Å². The SMILES string of the molecule is CC(NC(=O)CCOc1ccc(F)cc1)C1CC1. The quantitative estimate of drug-likeness (QED) is 0.843. The Labute approximate surface area is 106 Å². The first-order valence-electron chi connectivity index (χ1n) is 6.33. The second kappa shape index (κ2) is 5.85. The molecule has 0 spiro atoms. The Balaban J connectivity index is 1.65. The van der Waals surface area contributed by atoms with Crippen molar-refractivity contribution in [2.24, 2.45) is 5.92 Å². The van der Waals surface area contributed by atoms with Crippen LogP contribution < -0.4 is 10.1 Å². The van der Waals surface area contributed by atoms with Crippen molar-refractivity contribution in [1.29, 1.82) is 0 Å². The summed E-state index contributed by atoms with van der Waals surface area (Å²) in [7, 11) is 0. The van der Waals surface area contributed by atoms with E-state index in [-0.39, 0.29) is 17.8 Å². The number of halogens is 1. The Morgan fingerprint density at radius 1 is 1.44 bits per heavy atom. The van der Waals surface area contributed by atoms with Gasteiger partial charge in [0.2, 0.25) is 5.91 Å². The first-order chi connectivity index (χ1) is 8.65. The maximum atomic E-state index is 12.6. The molecule has 1 N–H and O–H groups in total. The molecule has 1 aromatic rings. The molecule has 1 aliphatic rings. The van der Waals surface area contributed by atoms with Crippen molar-refractivity contribution in [3.05, 3.63) is 30.1 Å². The standard InChI is InChI=1S/C14H18FNO2/c1-10(11-2-3-11)16-14(17)8-9-18-13-6-4-12(15)5-7-13/h4-7,10-11H,2-3,8-9H2,1H3,(H,16,17). The van der Waals surface area contributed by atoms with Gasteiger partial charge in [0.25, 0.3) is 0 Å². The van der Waals surface area contributed by atoms with Crippen LogP contribution in [-0.4, -0.2) is 18.6 Å². The predicted molar refractivity (Wildman–Crippen MR) is 66.8 cm³/mol. The Kier molecular flexibility index (Phi) is 4.18. The smallest absolute Gasteiger partial charge is 0.223 e. The van der Waals surface area contributed by atoms with Crippen LogP contribution in [0.15, 0.2) is 24.3 Å². The van der Waals surface area contributed by atoms with Crippen LogP contribution in [0.1, 0.15) is 26.2 Å². The minimum Gasteiger partial charge on any atom is -0.493 e. The van der Waals surface area contributed by atoms with E-state index in [1.807, 2.05) is 6.92 Å². The van der Waals surface area contributed by atoms with Crippen LogP contribution in [0.25, 0.3) is 0 Å². The molecule has 0 heterocycles. The lowest BCUT2D eigenvalue weighted by Crippen LogP contribution is -2.34. The Bertz CT molecular complexity index is 401. The number of hydrogen-bond acceptors (Lipinski definition) is 2. The van der Waals surface area contributed by atoms with Crippen molar-refractivity contribution in [2.45, 2.75) is 32.2 Å². The molecule has 1 unspecified atom stereocenters. The van der Waals surface area contributed by atoms with E-state index in [1.54, 1.807) is 12.1 Å². The third-order valence-electron chi connectivity index (χ3n) is 3.13. The predicted octanol–water partition coefficient (Wildman–Crippen LogP) is 2.51. The molecule has 3 nitrogen and oxygen atoms in total. The molecule has 0 aliphatic heterocycles. The van der Waals surface area contributed by atoms with Gasteiger partial charge in [-0.2, -0.15) is 0 Å². The van der Waals surface area contributed by atoms with Crippen molar-refractivity contribution in [3.63, 3.8) is 0 Å². The highest BCUT2D eigenvalue weighted by molar-refractivity contribution is 5.76. The fraction of sp³-hybridized carbons (Fsp3) is 0.500. The summed E-state index contributed by atoms with van der Waals surface area (Å²) < 4.78 is 18.0. The number of carbonyl (C=O) groups excluding carboxylic acids is 1. The Hall–Kier alpha value is -1.58. The lowest BCUT2D eigenvalue weighted by atomic mass is 10.2. The largest absolute Gasteiger partial charge is 0.493 e. The van der Waals surface area contributed by atoms with E-state index in [4.69, 9.17) is 4.74 Å². The highest BCUT2D eigenvalue weighted by Crippen LogP contribution is 2.32. The summed E-state index contributed by atoms with van der Waals surface area (Å²) in [5.74, 6) is 0.960. The van der Waals surface area contributed by atoms with Gasteiger partial charge in [-0.25, -0.2) is 4.39 Å². The molecule has 4 heteroatoms. The topological polar surface area (TPSA) is 38.3 Å². The first-order valence-corrected chi connectivity index (χ1v) is 6.33. The number of nitrogens with one attached hydrogen (secondary N) is 1. The zero-order chi connectivity index (χ0) is 13.0. The molecule has 1 aliphatic carbocycles. The third kappa shape index (κ3) is 4.02. The van der Waals surface area contributed by atoms with E-state index < -0.39 is 0 Å². The zero-order valence-corrected chi connectivity index (χ0v) is 10.5. The minimum absolute atomic E-state index is 0.0107. The Morgan fingerprint density at radius 3 is 2.72 bits per heavy atom. The zero-order valence-electron chi connectivity index (χ0n) is 10.5. The molecular weight excluding hydrogens is 233 g/mol. The molecule has 0 bridgehead atoms. The lowest BCUT2D eigenvalue weighted by molar-refractivity contribution is -0.122. The summed E-state index contributed by atoms with van der Waals surface area (Å²) in [6, 6.07) is 6.05. The number of amides is 1. The van der Waals surface area contributed by atoms with Crippen LogP contribution in [0, 0.1) is 11.7 Å². The van der Waals surface area contributed by atoms with Crippen LogP contribution in [-0.2, 0) is 4.79 Å². The molecule has 1 fully saturated rings. The van der Waals surface area contributed by atoms with Gasteiger partial charge in [0.15, 0.2) is 0 Å². The number of benzene rings is 1. The molecule has 1 atom stereocenters. The highest BCUT2D eigenvalue weighted by atomic mass is 19.1. The number of hydrogen-bond donors (Lipinski definition) is 1. The Morgan fingerprint density at radius 2 is 2.11 bits per heavy atom. The second-order valence-electron chi connectivity index (χ2n) is 4.75. The van der Waals surface area contributed by atoms with Crippen LogP contribution in [0.3, 0.4) is 0 Å². The van der Waals surface area contributed by atoms with Gasteiger partial charge in [-0.1, -0.05) is 0 Å². The normalized spacial score (nSPS) is 16.1. The fourth-order valence-corrected chi connectivity index (χ4v) is 1.83. The molecule has 2 rings (SSSR count). The van der Waals surface area contributed by atoms with Gasteiger partial charge >= 0.3 is 0 Å². The summed E-state index contributed by atoms with van der Waals surface area (Å²) >= 11 is 0. The average Bonchev–Trinajstić information content (AvgIpc) is 3.15. The minimum atomic E-state index is -0.293. The van der Waals surface area contributed by atoms with Gasteiger partial charge in [0.05, 0.1) is 13.0 Å². The fourth-order valence-electron chi connectivity index (χ4n) is 1.83. The first kappa shape index (κ1) is 12.9. The maximum Gasteiger partial charge on any atom is 0.223 e. The van der Waals surface area contributed by atoms with Gasteiger partial charge < -0.3 is 10.1 Å². The highest BCUT2D eigenvalue weighted by Gasteiger charge is 2.28. The van der Waals surface area contributed by atoms with Crippen molar-refractivity contribution < 1.29 is 13.9 Å². The summed E-state index contributed by atoms with van der Waals surface area (Å²) in [6.45, 7) is 2.35. The number of rotatable bonds is 6. The van der Waals surface area contributed by atoms with Crippen molar-refractivity contribution >= 4 is 5.91 Å². The molecule has 0 saturated heterocycles. The monoisotopic (exact) mass is 251 g/mol. The average molecular weight is 251 g/mol. The van der Waals surface area contributed by atoms with Gasteiger partial charge in [-0.15, -0.1) is 0 Å². The van der Waals surface area contributed by atoms with Crippen molar-refractivity contribution in [2.75, 3.05) is 6.61 Å².